The van der Waals surface area contributed by atoms with Crippen molar-refractivity contribution in [3.05, 3.63) is 59.7 Å². The van der Waals surface area contributed by atoms with E-state index < -0.39 is 5.91 Å². The van der Waals surface area contributed by atoms with Crippen LogP contribution in [-0.4, -0.2) is 18.4 Å². The highest BCUT2D eigenvalue weighted by atomic mass is 16.2. The maximum absolute atomic E-state index is 12.1. The second-order valence-electron chi connectivity index (χ2n) is 4.91. The topological polar surface area (TPSA) is 75.4 Å². The van der Waals surface area contributed by atoms with Crippen LogP contribution < -0.4 is 16.0 Å². The Hall–Kier alpha value is -2.82. The zero-order valence-corrected chi connectivity index (χ0v) is 11.4. The Morgan fingerprint density at radius 3 is 2.57 bits per heavy atom. The van der Waals surface area contributed by atoms with Crippen LogP contribution in [0.3, 0.4) is 0 Å². The Bertz CT molecular complexity index is 695. The third-order valence-corrected chi connectivity index (χ3v) is 3.51. The van der Waals surface area contributed by atoms with Gasteiger partial charge in [-0.2, -0.15) is 0 Å². The number of nitrogens with zero attached hydrogens (tertiary/aromatic N) is 1. The molecule has 0 unspecified atom stereocenters. The average molecular weight is 281 g/mol. The van der Waals surface area contributed by atoms with Crippen molar-refractivity contribution in [2.75, 3.05) is 16.8 Å². The lowest BCUT2D eigenvalue weighted by molar-refractivity contribution is -0.117. The van der Waals surface area contributed by atoms with Crippen LogP contribution in [0, 0.1) is 0 Å². The van der Waals surface area contributed by atoms with E-state index >= 15 is 0 Å². The van der Waals surface area contributed by atoms with Crippen molar-refractivity contribution in [2.45, 2.75) is 6.54 Å². The van der Waals surface area contributed by atoms with Gasteiger partial charge in [-0.1, -0.05) is 24.3 Å². The fourth-order valence-corrected chi connectivity index (χ4v) is 2.39. The van der Waals surface area contributed by atoms with Gasteiger partial charge in [-0.15, -0.1) is 0 Å². The molecule has 2 aromatic carbocycles. The quantitative estimate of drug-likeness (QED) is 0.900. The minimum atomic E-state index is -0.454. The molecule has 0 bridgehead atoms. The first-order valence-electron chi connectivity index (χ1n) is 6.67. The Morgan fingerprint density at radius 1 is 1.14 bits per heavy atom. The molecule has 0 aliphatic carbocycles. The first-order valence-corrected chi connectivity index (χ1v) is 6.67. The van der Waals surface area contributed by atoms with Crippen molar-refractivity contribution in [3.8, 4) is 0 Å². The summed E-state index contributed by atoms with van der Waals surface area (Å²) in [6.07, 6.45) is 0. The largest absolute Gasteiger partial charge is 0.374 e. The van der Waals surface area contributed by atoms with E-state index in [0.717, 1.165) is 16.9 Å². The molecule has 0 fully saturated rings. The molecule has 0 saturated carbocycles. The number of rotatable bonds is 3. The lowest BCUT2D eigenvalue weighted by atomic mass is 10.1. The Kier molecular flexibility index (Phi) is 3.31. The van der Waals surface area contributed by atoms with E-state index in [1.54, 1.807) is 17.0 Å². The molecule has 5 nitrogen and oxygen atoms in total. The molecule has 2 aromatic rings. The molecular formula is C16H15N3O2. The number of primary amides is 1. The van der Waals surface area contributed by atoms with Crippen LogP contribution in [-0.2, 0) is 11.3 Å². The number of nitrogens with two attached hydrogens (primary N) is 1. The van der Waals surface area contributed by atoms with Gasteiger partial charge in [-0.3, -0.25) is 9.59 Å². The summed E-state index contributed by atoms with van der Waals surface area (Å²) in [6, 6.07) is 14.7. The van der Waals surface area contributed by atoms with E-state index in [-0.39, 0.29) is 12.5 Å². The first kappa shape index (κ1) is 13.2. The second-order valence-corrected chi connectivity index (χ2v) is 4.91. The fourth-order valence-electron chi connectivity index (χ4n) is 2.39. The van der Waals surface area contributed by atoms with Crippen molar-refractivity contribution in [1.82, 2.24) is 0 Å². The molecule has 1 heterocycles. The van der Waals surface area contributed by atoms with Crippen molar-refractivity contribution in [3.63, 3.8) is 0 Å². The van der Waals surface area contributed by atoms with Crippen molar-refractivity contribution in [1.29, 1.82) is 0 Å². The van der Waals surface area contributed by atoms with E-state index in [1.165, 1.54) is 0 Å². The van der Waals surface area contributed by atoms with Gasteiger partial charge in [-0.05, 0) is 29.8 Å². The molecule has 2 amide bonds. The van der Waals surface area contributed by atoms with Crippen LogP contribution in [0.1, 0.15) is 15.9 Å². The highest BCUT2D eigenvalue weighted by Gasteiger charge is 2.23. The number of benzene rings is 2. The summed E-state index contributed by atoms with van der Waals surface area (Å²) >= 11 is 0. The van der Waals surface area contributed by atoms with E-state index in [0.29, 0.717) is 12.1 Å². The van der Waals surface area contributed by atoms with E-state index in [9.17, 15) is 9.59 Å². The molecule has 0 atom stereocenters. The molecule has 0 saturated heterocycles. The van der Waals surface area contributed by atoms with Crippen LogP contribution in [0.15, 0.2) is 48.5 Å². The number of fused-ring (bicyclic) bond motifs is 1. The fraction of sp³-hybridized carbons (Fsp3) is 0.125. The standard InChI is InChI=1S/C16H15N3O2/c17-16(21)12-7-5-11(6-8-12)10-19-14-4-2-1-3-13(14)18-9-15(19)20/h1-8,18H,9-10H2,(H2,17,21). The van der Waals surface area contributed by atoms with Gasteiger partial charge < -0.3 is 16.0 Å². The molecule has 106 valence electrons. The molecule has 0 radical (unpaired) electrons. The summed E-state index contributed by atoms with van der Waals surface area (Å²) < 4.78 is 0. The van der Waals surface area contributed by atoms with Gasteiger partial charge in [-0.25, -0.2) is 0 Å². The molecule has 5 heteroatoms. The normalized spacial score (nSPS) is 13.5. The molecule has 3 N–H and O–H groups in total. The molecule has 21 heavy (non-hydrogen) atoms. The minimum Gasteiger partial charge on any atom is -0.374 e. The number of amides is 2. The monoisotopic (exact) mass is 281 g/mol. The predicted octanol–water partition coefficient (Wildman–Crippen LogP) is 1.74. The third-order valence-electron chi connectivity index (χ3n) is 3.51. The zero-order chi connectivity index (χ0) is 14.8. The highest BCUT2D eigenvalue weighted by Crippen LogP contribution is 2.30. The van der Waals surface area contributed by atoms with E-state index in [4.69, 9.17) is 5.73 Å². The van der Waals surface area contributed by atoms with Crippen LogP contribution in [0.2, 0.25) is 0 Å². The van der Waals surface area contributed by atoms with Crippen LogP contribution in [0.5, 0.6) is 0 Å². The Balaban J connectivity index is 1.87. The van der Waals surface area contributed by atoms with Gasteiger partial charge in [0.2, 0.25) is 11.8 Å². The van der Waals surface area contributed by atoms with Crippen LogP contribution in [0.4, 0.5) is 11.4 Å². The summed E-state index contributed by atoms with van der Waals surface area (Å²) in [4.78, 5) is 24.9. The first-order chi connectivity index (χ1) is 10.1. The van der Waals surface area contributed by atoms with Crippen molar-refractivity contribution < 1.29 is 9.59 Å². The molecule has 0 aromatic heterocycles. The smallest absolute Gasteiger partial charge is 0.248 e. The minimum absolute atomic E-state index is 0.0210. The number of hydrogen-bond acceptors (Lipinski definition) is 3. The lowest BCUT2D eigenvalue weighted by Crippen LogP contribution is -2.39. The van der Waals surface area contributed by atoms with Crippen LogP contribution in [0.25, 0.3) is 0 Å². The van der Waals surface area contributed by atoms with Gasteiger partial charge in [0.15, 0.2) is 0 Å². The van der Waals surface area contributed by atoms with Gasteiger partial charge in [0.1, 0.15) is 0 Å². The maximum Gasteiger partial charge on any atom is 0.248 e. The Morgan fingerprint density at radius 2 is 1.86 bits per heavy atom. The predicted molar refractivity (Wildman–Crippen MR) is 81.1 cm³/mol. The number of anilines is 2. The van der Waals surface area contributed by atoms with Gasteiger partial charge in [0.05, 0.1) is 24.5 Å². The molecular weight excluding hydrogens is 266 g/mol. The van der Waals surface area contributed by atoms with Gasteiger partial charge in [0.25, 0.3) is 0 Å². The number of para-hydroxylation sites is 2. The lowest BCUT2D eigenvalue weighted by Gasteiger charge is -2.30. The molecule has 3 rings (SSSR count). The maximum atomic E-state index is 12.1. The molecule has 1 aliphatic rings. The van der Waals surface area contributed by atoms with Crippen molar-refractivity contribution in [2.24, 2.45) is 5.73 Å². The summed E-state index contributed by atoms with van der Waals surface area (Å²) in [7, 11) is 0. The number of carbonyl (C=O) groups is 2. The number of carbonyl (C=O) groups excluding carboxylic acids is 2. The summed E-state index contributed by atoms with van der Waals surface area (Å²) in [5.41, 5.74) is 8.45. The average Bonchev–Trinajstić information content (AvgIpc) is 2.51. The second kappa shape index (κ2) is 5.28. The molecule has 1 aliphatic heterocycles. The SMILES string of the molecule is NC(=O)c1ccc(CN2C(=O)CNc3ccccc32)cc1. The summed E-state index contributed by atoms with van der Waals surface area (Å²) in [6.45, 7) is 0.757. The van der Waals surface area contributed by atoms with Crippen molar-refractivity contribution >= 4 is 23.2 Å². The summed E-state index contributed by atoms with van der Waals surface area (Å²) in [5.74, 6) is -0.433. The van der Waals surface area contributed by atoms with Crippen LogP contribution >= 0.6 is 0 Å². The number of hydrogen-bond donors (Lipinski definition) is 2. The van der Waals surface area contributed by atoms with E-state index in [1.807, 2.05) is 36.4 Å². The zero-order valence-electron chi connectivity index (χ0n) is 11.4. The Labute approximate surface area is 122 Å². The highest BCUT2D eigenvalue weighted by molar-refractivity contribution is 6.02. The molecule has 0 spiro atoms. The van der Waals surface area contributed by atoms with Gasteiger partial charge in [0, 0.05) is 5.56 Å². The summed E-state index contributed by atoms with van der Waals surface area (Å²) in [5, 5.41) is 3.10. The number of nitrogens with one attached hydrogen (secondary N) is 1. The van der Waals surface area contributed by atoms with E-state index in [2.05, 4.69) is 5.32 Å². The van der Waals surface area contributed by atoms with Gasteiger partial charge >= 0.3 is 0 Å². The third kappa shape index (κ3) is 2.58.